The molecule has 1 rings (SSSR count). The molecule has 0 saturated carbocycles. The zero-order valence-corrected chi connectivity index (χ0v) is 12.6. The van der Waals surface area contributed by atoms with E-state index in [4.69, 9.17) is 4.74 Å². The van der Waals surface area contributed by atoms with Crippen molar-refractivity contribution in [1.82, 2.24) is 4.31 Å². The van der Waals surface area contributed by atoms with Gasteiger partial charge in [0, 0.05) is 6.04 Å². The number of hydrogen-bond acceptors (Lipinski definition) is 3. The molecule has 104 valence electrons. The lowest BCUT2D eigenvalue weighted by atomic mass is 10.1. The number of carbonyl (C=O) groups excluding carboxylic acids is 1. The van der Waals surface area contributed by atoms with Crippen LogP contribution in [-0.2, 0) is 20.5 Å². The van der Waals surface area contributed by atoms with E-state index >= 15 is 0 Å². The molecule has 0 aliphatic carbocycles. The zero-order valence-electron chi connectivity index (χ0n) is 11.8. The van der Waals surface area contributed by atoms with Crippen LogP contribution in [0.4, 0.5) is 0 Å². The molecule has 0 N–H and O–H groups in total. The molecule has 0 aromatic heterocycles. The highest BCUT2D eigenvalue weighted by atomic mass is 32.2. The Labute approximate surface area is 112 Å². The van der Waals surface area contributed by atoms with Crippen LogP contribution < -0.4 is 0 Å². The molecule has 18 heavy (non-hydrogen) atoms. The van der Waals surface area contributed by atoms with Crippen molar-refractivity contribution in [3.8, 4) is 0 Å². The molecule has 1 aliphatic rings. The first-order chi connectivity index (χ1) is 8.29. The lowest BCUT2D eigenvalue weighted by Crippen LogP contribution is -2.52. The van der Waals surface area contributed by atoms with Crippen LogP contribution in [0.5, 0.6) is 0 Å². The summed E-state index contributed by atoms with van der Waals surface area (Å²) >= 11 is 0. The molecule has 1 heterocycles. The maximum absolute atomic E-state index is 12.5. The first-order valence-corrected chi connectivity index (χ1v) is 7.43. The first kappa shape index (κ1) is 15.4. The van der Waals surface area contributed by atoms with E-state index in [0.717, 1.165) is 0 Å². The highest BCUT2D eigenvalue weighted by Crippen LogP contribution is 2.26. The summed E-state index contributed by atoms with van der Waals surface area (Å²) in [7, 11) is -1.23. The Morgan fingerprint density at radius 1 is 1.50 bits per heavy atom. The average molecular weight is 273 g/mol. The summed E-state index contributed by atoms with van der Waals surface area (Å²) in [6.45, 7) is 9.82. The summed E-state index contributed by atoms with van der Waals surface area (Å²) in [5.74, 6) is -0.286. The Kier molecular flexibility index (Phi) is 5.10. The maximum Gasteiger partial charge on any atom is 0.324 e. The molecule has 0 fully saturated rings. The molecule has 5 heteroatoms. The summed E-state index contributed by atoms with van der Waals surface area (Å²) in [6.07, 6.45) is 4.51. The van der Waals surface area contributed by atoms with E-state index in [1.165, 1.54) is 0 Å². The van der Waals surface area contributed by atoms with Gasteiger partial charge in [-0.3, -0.25) is 4.79 Å². The second kappa shape index (κ2) is 5.97. The van der Waals surface area contributed by atoms with E-state index in [-0.39, 0.29) is 16.8 Å². The summed E-state index contributed by atoms with van der Waals surface area (Å²) < 4.78 is 19.0. The Morgan fingerprint density at radius 3 is 2.61 bits per heavy atom. The largest absolute Gasteiger partial charge is 0.465 e. The van der Waals surface area contributed by atoms with Gasteiger partial charge in [-0.15, -0.1) is 0 Å². The molecule has 4 nitrogen and oxygen atoms in total. The predicted octanol–water partition coefficient (Wildman–Crippen LogP) is 2.03. The van der Waals surface area contributed by atoms with Crippen LogP contribution in [-0.4, -0.2) is 37.9 Å². The number of carbonyl (C=O) groups is 1. The van der Waals surface area contributed by atoms with Crippen LogP contribution in [0.2, 0.25) is 0 Å². The molecular weight excluding hydrogens is 250 g/mol. The minimum absolute atomic E-state index is 0.0202. The molecule has 0 spiro atoms. The van der Waals surface area contributed by atoms with E-state index in [1.54, 1.807) is 11.2 Å². The molecule has 0 saturated heterocycles. The lowest BCUT2D eigenvalue weighted by molar-refractivity contribution is -0.148. The van der Waals surface area contributed by atoms with Crippen molar-refractivity contribution < 1.29 is 13.7 Å². The molecule has 0 amide bonds. The van der Waals surface area contributed by atoms with Crippen molar-refractivity contribution in [3.05, 3.63) is 12.2 Å². The van der Waals surface area contributed by atoms with Crippen molar-refractivity contribution in [2.45, 2.75) is 57.9 Å². The molecular formula is C13H23NO3S. The number of ether oxygens (including phenoxy) is 1. The smallest absolute Gasteiger partial charge is 0.324 e. The first-order valence-electron chi connectivity index (χ1n) is 6.32. The number of rotatable bonds is 3. The fraction of sp³-hybridized carbons (Fsp3) is 0.769. The SMILES string of the molecule is CCOC(=O)[C@@H]1CC=C[C@H](C)N1[S@@](=O)C(C)(C)C. The second-order valence-electron chi connectivity index (χ2n) is 5.39. The van der Waals surface area contributed by atoms with Gasteiger partial charge >= 0.3 is 5.97 Å². The van der Waals surface area contributed by atoms with Crippen molar-refractivity contribution in [2.75, 3.05) is 6.61 Å². The third-order valence-corrected chi connectivity index (χ3v) is 4.77. The highest BCUT2D eigenvalue weighted by Gasteiger charge is 2.39. The minimum Gasteiger partial charge on any atom is -0.465 e. The molecule has 0 radical (unpaired) electrons. The van der Waals surface area contributed by atoms with Crippen molar-refractivity contribution in [3.63, 3.8) is 0 Å². The van der Waals surface area contributed by atoms with Gasteiger partial charge < -0.3 is 4.74 Å². The predicted molar refractivity (Wildman–Crippen MR) is 73.4 cm³/mol. The van der Waals surface area contributed by atoms with Crippen molar-refractivity contribution in [2.24, 2.45) is 0 Å². The van der Waals surface area contributed by atoms with Crippen LogP contribution in [0.3, 0.4) is 0 Å². The molecule has 3 atom stereocenters. The number of hydrogen-bond donors (Lipinski definition) is 0. The van der Waals surface area contributed by atoms with E-state index < -0.39 is 17.0 Å². The fourth-order valence-electron chi connectivity index (χ4n) is 1.90. The highest BCUT2D eigenvalue weighted by molar-refractivity contribution is 7.84. The average Bonchev–Trinajstić information content (AvgIpc) is 2.27. The standard InChI is InChI=1S/C13H23NO3S/c1-6-17-12(15)11-9-7-8-10(2)14(11)18(16)13(3,4)5/h7-8,10-11H,6,9H2,1-5H3/t10-,11-,18-/m0/s1. The Hall–Kier alpha value is -0.680. The van der Waals surface area contributed by atoms with Gasteiger partial charge in [-0.2, -0.15) is 0 Å². The normalized spacial score (nSPS) is 26.9. The van der Waals surface area contributed by atoms with Crippen LogP contribution >= 0.6 is 0 Å². The number of esters is 1. The Morgan fingerprint density at radius 2 is 2.11 bits per heavy atom. The second-order valence-corrected chi connectivity index (χ2v) is 7.54. The molecule has 0 unspecified atom stereocenters. The monoisotopic (exact) mass is 273 g/mol. The van der Waals surface area contributed by atoms with Gasteiger partial charge in [0.05, 0.1) is 11.4 Å². The third-order valence-electron chi connectivity index (χ3n) is 2.76. The quantitative estimate of drug-likeness (QED) is 0.584. The van der Waals surface area contributed by atoms with E-state index in [1.807, 2.05) is 39.8 Å². The van der Waals surface area contributed by atoms with E-state index in [0.29, 0.717) is 13.0 Å². The van der Waals surface area contributed by atoms with E-state index in [2.05, 4.69) is 0 Å². The topological polar surface area (TPSA) is 46.6 Å². The van der Waals surface area contributed by atoms with Gasteiger partial charge in [-0.25, -0.2) is 8.51 Å². The fourth-order valence-corrected chi connectivity index (χ4v) is 3.31. The van der Waals surface area contributed by atoms with Gasteiger partial charge in [0.25, 0.3) is 0 Å². The van der Waals surface area contributed by atoms with Crippen LogP contribution in [0.1, 0.15) is 41.0 Å². The Balaban J connectivity index is 2.98. The van der Waals surface area contributed by atoms with Gasteiger partial charge in [-0.05, 0) is 41.0 Å². The molecule has 0 bridgehead atoms. The van der Waals surface area contributed by atoms with Gasteiger partial charge in [0.1, 0.15) is 17.0 Å². The van der Waals surface area contributed by atoms with Gasteiger partial charge in [-0.1, -0.05) is 12.2 Å². The van der Waals surface area contributed by atoms with Gasteiger partial charge in [0.2, 0.25) is 0 Å². The lowest BCUT2D eigenvalue weighted by Gasteiger charge is -2.38. The van der Waals surface area contributed by atoms with Crippen LogP contribution in [0.15, 0.2) is 12.2 Å². The number of nitrogens with zero attached hydrogens (tertiary/aromatic N) is 1. The van der Waals surface area contributed by atoms with E-state index in [9.17, 15) is 9.00 Å². The summed E-state index contributed by atoms with van der Waals surface area (Å²) in [6, 6.07) is -0.460. The minimum atomic E-state index is -1.23. The molecule has 0 aromatic rings. The van der Waals surface area contributed by atoms with Gasteiger partial charge in [0.15, 0.2) is 0 Å². The van der Waals surface area contributed by atoms with Crippen LogP contribution in [0, 0.1) is 0 Å². The van der Waals surface area contributed by atoms with Crippen molar-refractivity contribution in [1.29, 1.82) is 0 Å². The maximum atomic E-state index is 12.5. The zero-order chi connectivity index (χ0) is 13.9. The van der Waals surface area contributed by atoms with Crippen molar-refractivity contribution >= 4 is 17.0 Å². The summed E-state index contributed by atoms with van der Waals surface area (Å²) in [5, 5.41) is 0. The third kappa shape index (κ3) is 3.42. The Bertz CT molecular complexity index is 360. The van der Waals surface area contributed by atoms with Crippen LogP contribution in [0.25, 0.3) is 0 Å². The molecule has 0 aromatic carbocycles. The summed E-state index contributed by atoms with van der Waals surface area (Å²) in [4.78, 5) is 12.0. The molecule has 1 aliphatic heterocycles. The summed E-state index contributed by atoms with van der Waals surface area (Å²) in [5.41, 5.74) is 0.